The molecule has 0 fully saturated rings. The van der Waals surface area contributed by atoms with Gasteiger partial charge in [0, 0.05) is 11.6 Å². The number of thiophene rings is 1. The molecule has 1 N–H and O–H groups in total. The van der Waals surface area contributed by atoms with Crippen LogP contribution >= 0.6 is 11.3 Å². The predicted molar refractivity (Wildman–Crippen MR) is 65.7 cm³/mol. The Morgan fingerprint density at radius 1 is 1.33 bits per heavy atom. The molecule has 0 unspecified atom stereocenters. The van der Waals surface area contributed by atoms with Gasteiger partial charge in [-0.2, -0.15) is 5.10 Å². The maximum absolute atomic E-state index is 13.2. The van der Waals surface area contributed by atoms with Crippen LogP contribution in [-0.4, -0.2) is 12.1 Å². The average Bonchev–Trinajstić information content (AvgIpc) is 2.85. The van der Waals surface area contributed by atoms with Gasteiger partial charge in [0.25, 0.3) is 5.91 Å². The number of hydrogen-bond acceptors (Lipinski definition) is 3. The number of rotatable bonds is 3. The molecule has 1 aromatic carbocycles. The highest BCUT2D eigenvalue weighted by Gasteiger charge is 2.04. The lowest BCUT2D eigenvalue weighted by molar-refractivity contribution is 0.0959. The number of nitrogens with zero attached hydrogens (tertiary/aromatic N) is 1. The molecule has 1 amide bonds. The molecule has 0 saturated heterocycles. The molecule has 0 aliphatic heterocycles. The highest BCUT2D eigenvalue weighted by Crippen LogP contribution is 2.08. The van der Waals surface area contributed by atoms with Crippen LogP contribution in [0.15, 0.2) is 40.8 Å². The molecule has 18 heavy (non-hydrogen) atoms. The van der Waals surface area contributed by atoms with E-state index in [1.54, 1.807) is 17.5 Å². The van der Waals surface area contributed by atoms with Gasteiger partial charge in [-0.1, -0.05) is 6.07 Å². The second kappa shape index (κ2) is 5.50. The van der Waals surface area contributed by atoms with E-state index in [4.69, 9.17) is 0 Å². The molecular weight excluding hydrogens is 258 g/mol. The molecule has 0 aliphatic carbocycles. The Morgan fingerprint density at radius 2 is 2.17 bits per heavy atom. The van der Waals surface area contributed by atoms with Crippen LogP contribution in [0.1, 0.15) is 15.2 Å². The summed E-state index contributed by atoms with van der Waals surface area (Å²) in [4.78, 5) is 12.0. The van der Waals surface area contributed by atoms with Gasteiger partial charge < -0.3 is 0 Å². The summed E-state index contributed by atoms with van der Waals surface area (Å²) in [6.07, 6.45) is 1.13. The minimum Gasteiger partial charge on any atom is -0.266 e. The van der Waals surface area contributed by atoms with Crippen molar-refractivity contribution in [3.05, 3.63) is 57.8 Å². The highest BCUT2D eigenvalue weighted by atomic mass is 32.1. The summed E-state index contributed by atoms with van der Waals surface area (Å²) in [5.74, 6) is -1.76. The van der Waals surface area contributed by atoms with E-state index in [2.05, 4.69) is 10.5 Å². The number of hydrogen-bond donors (Lipinski definition) is 1. The fourth-order valence-corrected chi connectivity index (χ4v) is 1.84. The fraction of sp³-hybridized carbons (Fsp3) is 0. The van der Waals surface area contributed by atoms with Gasteiger partial charge >= 0.3 is 0 Å². The summed E-state index contributed by atoms with van der Waals surface area (Å²) in [5.41, 5.74) is 2.36. The third-order valence-electron chi connectivity index (χ3n) is 2.08. The molecule has 0 bridgehead atoms. The number of benzene rings is 1. The van der Waals surface area contributed by atoms with Gasteiger partial charge in [0.1, 0.15) is 11.6 Å². The van der Waals surface area contributed by atoms with Crippen LogP contribution in [0.5, 0.6) is 0 Å². The SMILES string of the molecule is O=C(NN=Cc1ccc(F)cc1F)c1cccs1. The summed E-state index contributed by atoms with van der Waals surface area (Å²) >= 11 is 1.27. The summed E-state index contributed by atoms with van der Waals surface area (Å²) < 4.78 is 25.8. The van der Waals surface area contributed by atoms with Gasteiger partial charge in [0.05, 0.1) is 11.1 Å². The third-order valence-corrected chi connectivity index (χ3v) is 2.95. The van der Waals surface area contributed by atoms with Crippen molar-refractivity contribution in [2.75, 3.05) is 0 Å². The smallest absolute Gasteiger partial charge is 0.266 e. The van der Waals surface area contributed by atoms with Crippen molar-refractivity contribution in [3.63, 3.8) is 0 Å². The molecule has 0 aliphatic rings. The maximum Gasteiger partial charge on any atom is 0.281 e. The van der Waals surface area contributed by atoms with Crippen LogP contribution in [0.25, 0.3) is 0 Å². The van der Waals surface area contributed by atoms with Crippen LogP contribution in [0.2, 0.25) is 0 Å². The summed E-state index contributed by atoms with van der Waals surface area (Å²) in [6, 6.07) is 6.50. The molecule has 2 aromatic rings. The van der Waals surface area contributed by atoms with Crippen LogP contribution in [0.3, 0.4) is 0 Å². The van der Waals surface area contributed by atoms with Gasteiger partial charge in [-0.15, -0.1) is 11.3 Å². The van der Waals surface area contributed by atoms with E-state index in [-0.39, 0.29) is 11.5 Å². The zero-order valence-corrected chi connectivity index (χ0v) is 9.88. The topological polar surface area (TPSA) is 41.5 Å². The Hall–Kier alpha value is -2.08. The Morgan fingerprint density at radius 3 is 2.83 bits per heavy atom. The molecule has 1 aromatic heterocycles. The maximum atomic E-state index is 13.2. The molecule has 92 valence electrons. The van der Waals surface area contributed by atoms with Crippen LogP contribution in [-0.2, 0) is 0 Å². The minimum atomic E-state index is -0.732. The van der Waals surface area contributed by atoms with Crippen molar-refractivity contribution in [2.24, 2.45) is 5.10 Å². The van der Waals surface area contributed by atoms with E-state index < -0.39 is 11.6 Å². The Labute approximate surface area is 106 Å². The first-order chi connectivity index (χ1) is 8.66. The van der Waals surface area contributed by atoms with E-state index in [1.807, 2.05) is 0 Å². The van der Waals surface area contributed by atoms with Gasteiger partial charge in [-0.25, -0.2) is 14.2 Å². The standard InChI is InChI=1S/C12H8F2N2OS/c13-9-4-3-8(10(14)6-9)7-15-16-12(17)11-2-1-5-18-11/h1-7H,(H,16,17). The first-order valence-electron chi connectivity index (χ1n) is 4.99. The van der Waals surface area contributed by atoms with Crippen molar-refractivity contribution in [1.82, 2.24) is 5.43 Å². The Balaban J connectivity index is 2.01. The van der Waals surface area contributed by atoms with Crippen molar-refractivity contribution < 1.29 is 13.6 Å². The number of amides is 1. The summed E-state index contributed by atoms with van der Waals surface area (Å²) in [7, 11) is 0. The van der Waals surface area contributed by atoms with Crippen molar-refractivity contribution in [1.29, 1.82) is 0 Å². The molecule has 6 heteroatoms. The van der Waals surface area contributed by atoms with E-state index in [9.17, 15) is 13.6 Å². The number of nitrogens with one attached hydrogen (secondary N) is 1. The van der Waals surface area contributed by atoms with E-state index in [1.165, 1.54) is 17.4 Å². The van der Waals surface area contributed by atoms with E-state index >= 15 is 0 Å². The number of hydrazone groups is 1. The van der Waals surface area contributed by atoms with E-state index in [0.29, 0.717) is 4.88 Å². The Kier molecular flexibility index (Phi) is 3.78. The van der Waals surface area contributed by atoms with Crippen LogP contribution in [0.4, 0.5) is 8.78 Å². The molecule has 0 spiro atoms. The molecule has 0 atom stereocenters. The first kappa shape index (κ1) is 12.4. The quantitative estimate of drug-likeness (QED) is 0.673. The van der Waals surface area contributed by atoms with E-state index in [0.717, 1.165) is 18.3 Å². The molecule has 2 rings (SSSR count). The lowest BCUT2D eigenvalue weighted by Crippen LogP contribution is -2.16. The zero-order chi connectivity index (χ0) is 13.0. The second-order valence-electron chi connectivity index (χ2n) is 3.34. The van der Waals surface area contributed by atoms with Gasteiger partial charge in [0.2, 0.25) is 0 Å². The van der Waals surface area contributed by atoms with Crippen molar-refractivity contribution in [3.8, 4) is 0 Å². The van der Waals surface area contributed by atoms with Gasteiger partial charge in [-0.3, -0.25) is 4.79 Å². The number of halogens is 2. The second-order valence-corrected chi connectivity index (χ2v) is 4.29. The predicted octanol–water partition coefficient (Wildman–Crippen LogP) is 2.79. The number of carbonyl (C=O) groups is 1. The molecule has 3 nitrogen and oxygen atoms in total. The minimum absolute atomic E-state index is 0.0999. The monoisotopic (exact) mass is 266 g/mol. The highest BCUT2D eigenvalue weighted by molar-refractivity contribution is 7.12. The first-order valence-corrected chi connectivity index (χ1v) is 5.87. The normalized spacial score (nSPS) is 10.8. The fourth-order valence-electron chi connectivity index (χ4n) is 1.23. The molecule has 0 saturated carbocycles. The van der Waals surface area contributed by atoms with Crippen molar-refractivity contribution >= 4 is 23.5 Å². The molecular formula is C12H8F2N2OS. The summed E-state index contributed by atoms with van der Waals surface area (Å²) in [5, 5.41) is 5.37. The summed E-state index contributed by atoms with van der Waals surface area (Å²) in [6.45, 7) is 0. The molecule has 0 radical (unpaired) electrons. The van der Waals surface area contributed by atoms with Crippen LogP contribution in [0, 0.1) is 11.6 Å². The zero-order valence-electron chi connectivity index (χ0n) is 9.06. The molecule has 1 heterocycles. The number of carbonyl (C=O) groups excluding carboxylic acids is 1. The lowest BCUT2D eigenvalue weighted by atomic mass is 10.2. The van der Waals surface area contributed by atoms with Gasteiger partial charge in [-0.05, 0) is 23.6 Å². The average molecular weight is 266 g/mol. The van der Waals surface area contributed by atoms with Crippen LogP contribution < -0.4 is 5.43 Å². The van der Waals surface area contributed by atoms with Crippen molar-refractivity contribution in [2.45, 2.75) is 0 Å². The lowest BCUT2D eigenvalue weighted by Gasteiger charge is -1.97. The Bertz CT molecular complexity index is 582. The largest absolute Gasteiger partial charge is 0.281 e. The van der Waals surface area contributed by atoms with Gasteiger partial charge in [0.15, 0.2) is 0 Å². The third kappa shape index (κ3) is 2.98.